The number of nitrogens with zero attached hydrogens (tertiary/aromatic N) is 4. The second kappa shape index (κ2) is 27.8. The van der Waals surface area contributed by atoms with E-state index in [1.165, 1.54) is 37.9 Å². The van der Waals surface area contributed by atoms with Crippen LogP contribution in [0.1, 0.15) is 5.56 Å². The Labute approximate surface area is 503 Å². The molecular formula is C69H46Ir4N4-4. The number of rotatable bonds is 4. The van der Waals surface area contributed by atoms with Crippen molar-refractivity contribution in [2.75, 3.05) is 0 Å². The monoisotopic (exact) mass is 1700 g/mol. The fourth-order valence-corrected chi connectivity index (χ4v) is 8.87. The zero-order valence-corrected chi connectivity index (χ0v) is 51.0. The maximum Gasteiger partial charge on any atom is 0.0595 e. The van der Waals surface area contributed by atoms with Crippen molar-refractivity contribution in [2.45, 2.75) is 6.92 Å². The molecule has 4 radical (unpaired) electrons. The minimum atomic E-state index is 0. The predicted molar refractivity (Wildman–Crippen MR) is 304 cm³/mol. The van der Waals surface area contributed by atoms with Gasteiger partial charge in [0.1, 0.15) is 0 Å². The average Bonchev–Trinajstić information content (AvgIpc) is 3.48. The predicted octanol–water partition coefficient (Wildman–Crippen LogP) is 17.4. The van der Waals surface area contributed by atoms with Crippen molar-refractivity contribution in [3.63, 3.8) is 0 Å². The fraction of sp³-hybridized carbons (Fsp3) is 0.0145. The van der Waals surface area contributed by atoms with Gasteiger partial charge in [-0.25, -0.2) is 0 Å². The molecule has 8 heteroatoms. The molecule has 0 atom stereocenters. The molecule has 0 aliphatic rings. The van der Waals surface area contributed by atoms with Crippen molar-refractivity contribution < 1.29 is 80.4 Å². The van der Waals surface area contributed by atoms with Crippen molar-refractivity contribution in [3.8, 4) is 45.0 Å². The number of aromatic nitrogens is 4. The van der Waals surface area contributed by atoms with E-state index in [9.17, 15) is 0 Å². The molecule has 0 saturated heterocycles. The molecule has 4 nitrogen and oxygen atoms in total. The molecule has 0 aliphatic heterocycles. The second-order valence-corrected chi connectivity index (χ2v) is 17.5. The molecule has 10 aromatic carbocycles. The minimum absolute atomic E-state index is 0. The molecule has 77 heavy (non-hydrogen) atoms. The zero-order chi connectivity index (χ0) is 49.2. The van der Waals surface area contributed by atoms with Crippen LogP contribution in [0.3, 0.4) is 0 Å². The Hall–Kier alpha value is -7.04. The Balaban J connectivity index is 0.000000147. The van der Waals surface area contributed by atoms with Crippen LogP contribution in [-0.2, 0) is 80.4 Å². The first kappa shape index (κ1) is 57.7. The Morgan fingerprint density at radius 2 is 0.727 bits per heavy atom. The van der Waals surface area contributed by atoms with Gasteiger partial charge in [0, 0.05) is 80.4 Å². The smallest absolute Gasteiger partial charge is 0.0595 e. The molecule has 382 valence electrons. The average molecular weight is 1700 g/mol. The summed E-state index contributed by atoms with van der Waals surface area (Å²) in [6, 6.07) is 101. The topological polar surface area (TPSA) is 51.6 Å². The molecule has 0 saturated carbocycles. The first-order valence-corrected chi connectivity index (χ1v) is 24.3. The first-order valence-electron chi connectivity index (χ1n) is 24.3. The van der Waals surface area contributed by atoms with Gasteiger partial charge in [-0.05, 0) is 75.5 Å². The van der Waals surface area contributed by atoms with Crippen LogP contribution in [0.25, 0.3) is 110 Å². The van der Waals surface area contributed by atoms with Gasteiger partial charge in [-0.15, -0.1) is 130 Å². The Morgan fingerprint density at radius 1 is 0.286 bits per heavy atom. The number of pyridine rings is 4. The number of fused-ring (bicyclic) bond motifs is 6. The zero-order valence-electron chi connectivity index (χ0n) is 41.4. The van der Waals surface area contributed by atoms with Gasteiger partial charge in [0.05, 0.1) is 22.1 Å². The number of aryl methyl sites for hydroxylation is 1. The minimum Gasteiger partial charge on any atom is -0.296 e. The van der Waals surface area contributed by atoms with E-state index in [-0.39, 0.29) is 80.4 Å². The van der Waals surface area contributed by atoms with Gasteiger partial charge >= 0.3 is 0 Å². The molecule has 0 unspecified atom stereocenters. The van der Waals surface area contributed by atoms with Crippen LogP contribution >= 0.6 is 0 Å². The van der Waals surface area contributed by atoms with E-state index >= 15 is 0 Å². The van der Waals surface area contributed by atoms with Gasteiger partial charge in [0.25, 0.3) is 0 Å². The van der Waals surface area contributed by atoms with Crippen molar-refractivity contribution >= 4 is 65.2 Å². The second-order valence-electron chi connectivity index (χ2n) is 17.5. The van der Waals surface area contributed by atoms with Gasteiger partial charge in [-0.1, -0.05) is 180 Å². The normalized spacial score (nSPS) is 10.2. The summed E-state index contributed by atoms with van der Waals surface area (Å²) in [5.74, 6) is 0. The number of para-hydroxylation sites is 4. The number of hydrogen-bond acceptors (Lipinski definition) is 4. The van der Waals surface area contributed by atoms with Crippen molar-refractivity contribution in [1.29, 1.82) is 0 Å². The van der Waals surface area contributed by atoms with Gasteiger partial charge in [0.15, 0.2) is 0 Å². The maximum atomic E-state index is 4.76. The molecule has 0 aliphatic carbocycles. The molecule has 4 heterocycles. The molecule has 4 aromatic heterocycles. The Morgan fingerprint density at radius 3 is 1.30 bits per heavy atom. The van der Waals surface area contributed by atoms with Crippen molar-refractivity contribution in [2.24, 2.45) is 0 Å². The van der Waals surface area contributed by atoms with Crippen LogP contribution in [0.5, 0.6) is 0 Å². The number of hydrogen-bond donors (Lipinski definition) is 0. The molecule has 14 rings (SSSR count). The van der Waals surface area contributed by atoms with Gasteiger partial charge < -0.3 is 0 Å². The summed E-state index contributed by atoms with van der Waals surface area (Å²) in [5.41, 5.74) is 13.4. The molecule has 0 fully saturated rings. The quantitative estimate of drug-likeness (QED) is 0.165. The summed E-state index contributed by atoms with van der Waals surface area (Å²) >= 11 is 0. The van der Waals surface area contributed by atoms with Crippen LogP contribution in [-0.4, -0.2) is 19.9 Å². The standard InChI is InChI=1S/2C19H12N.C16H12N.C15H10N.4Ir/c1-3-9-16-14(6-1)8-5-10-17(16)19-13-12-15-7-2-4-11-18(15)20-19;1-2-7-16-13-17(10-9-14(16)5-1)19-12-11-15-6-3-4-8-18(15)20-19;1-12-11-14-9-5-6-10-15(14)17-16(12)13-7-3-2-4-8-13;1-2-6-12(7-3-1)15-11-10-13-8-4-5-9-14(13)16-15;;;;/h2*1-9,11-13H;2-7,9-11H,1H3;1-6,8-11H;;;;/q4*-1;;;;. The Bertz CT molecular complexity index is 4100. The fourth-order valence-electron chi connectivity index (χ4n) is 8.87. The first-order chi connectivity index (χ1) is 36.1. The summed E-state index contributed by atoms with van der Waals surface area (Å²) in [5, 5.41) is 9.52. The van der Waals surface area contributed by atoms with E-state index in [1.54, 1.807) is 0 Å². The van der Waals surface area contributed by atoms with E-state index in [2.05, 4.69) is 151 Å². The van der Waals surface area contributed by atoms with Gasteiger partial charge in [0.2, 0.25) is 0 Å². The van der Waals surface area contributed by atoms with Crippen molar-refractivity contribution in [3.05, 3.63) is 291 Å². The summed E-state index contributed by atoms with van der Waals surface area (Å²) < 4.78 is 0. The summed E-state index contributed by atoms with van der Waals surface area (Å²) in [6.45, 7) is 2.09. The third-order valence-electron chi connectivity index (χ3n) is 12.6. The molecule has 0 N–H and O–H groups in total. The third kappa shape index (κ3) is 13.9. The molecular weight excluding hydrogens is 1650 g/mol. The molecule has 0 spiro atoms. The van der Waals surface area contributed by atoms with Crippen molar-refractivity contribution in [1.82, 2.24) is 19.9 Å². The van der Waals surface area contributed by atoms with E-state index < -0.39 is 0 Å². The SMILES string of the molecule is Cc1cc2ccccc2nc1-c1[c-]cccc1.[Ir].[Ir].[Ir].[Ir].[c-]1cc2ccccc2cc1-c1ccc2ccccc2n1.[c-]1ccc2ccccc2c1-c1ccc2ccccc2n1.[c-]1ccccc1-c1ccc2ccccc2n1. The summed E-state index contributed by atoms with van der Waals surface area (Å²) in [4.78, 5) is 18.8. The molecule has 14 aromatic rings. The molecule has 0 bridgehead atoms. The number of benzene rings is 10. The summed E-state index contributed by atoms with van der Waals surface area (Å²) in [7, 11) is 0. The van der Waals surface area contributed by atoms with E-state index in [1.807, 2.05) is 146 Å². The van der Waals surface area contributed by atoms with Crippen LogP contribution < -0.4 is 0 Å². The third-order valence-corrected chi connectivity index (χ3v) is 12.6. The van der Waals surface area contributed by atoms with E-state index in [0.29, 0.717) is 0 Å². The molecule has 0 amide bonds. The van der Waals surface area contributed by atoms with Crippen LogP contribution in [0.15, 0.2) is 261 Å². The largest absolute Gasteiger partial charge is 0.296 e. The van der Waals surface area contributed by atoms with E-state index in [0.717, 1.165) is 77.9 Å². The van der Waals surface area contributed by atoms with Crippen LogP contribution in [0.4, 0.5) is 0 Å². The summed E-state index contributed by atoms with van der Waals surface area (Å²) in [6.07, 6.45) is 0. The van der Waals surface area contributed by atoms with Crippen LogP contribution in [0.2, 0.25) is 0 Å². The van der Waals surface area contributed by atoms with Gasteiger partial charge in [-0.2, -0.15) is 0 Å². The van der Waals surface area contributed by atoms with Crippen LogP contribution in [0, 0.1) is 31.2 Å². The Kier molecular flexibility index (Phi) is 20.8. The van der Waals surface area contributed by atoms with E-state index in [4.69, 9.17) is 15.0 Å². The maximum absolute atomic E-state index is 4.76. The van der Waals surface area contributed by atoms with Gasteiger partial charge in [-0.3, -0.25) is 19.9 Å².